The fourth-order valence-corrected chi connectivity index (χ4v) is 1.71. The Morgan fingerprint density at radius 2 is 1.67 bits per heavy atom. The maximum atomic E-state index is 10.9. The Kier molecular flexibility index (Phi) is 3.46. The van der Waals surface area contributed by atoms with Crippen molar-refractivity contribution < 1.29 is 14.8 Å². The zero-order valence-corrected chi connectivity index (χ0v) is 9.58. The van der Waals surface area contributed by atoms with Gasteiger partial charge in [0.15, 0.2) is 0 Å². The van der Waals surface area contributed by atoms with Gasteiger partial charge in [0, 0.05) is 5.56 Å². The monoisotopic (exact) mass is 241 g/mol. The summed E-state index contributed by atoms with van der Waals surface area (Å²) in [6.07, 6.45) is 0. The quantitative estimate of drug-likeness (QED) is 0.668. The van der Waals surface area contributed by atoms with E-state index in [9.17, 15) is 4.79 Å². The van der Waals surface area contributed by atoms with E-state index >= 15 is 0 Å². The van der Waals surface area contributed by atoms with Crippen LogP contribution < -0.4 is 11.2 Å². The smallest absolute Gasteiger partial charge is 0.423 e. The molecule has 2 aromatic rings. The molecule has 4 N–H and O–H groups in total. The van der Waals surface area contributed by atoms with Gasteiger partial charge in [-0.05, 0) is 28.7 Å². The number of nitrogens with two attached hydrogens (primary N) is 1. The van der Waals surface area contributed by atoms with Gasteiger partial charge in [0.2, 0.25) is 5.91 Å². The molecule has 0 saturated carbocycles. The van der Waals surface area contributed by atoms with Crippen molar-refractivity contribution >= 4 is 18.5 Å². The predicted molar refractivity (Wildman–Crippen MR) is 70.2 cm³/mol. The van der Waals surface area contributed by atoms with Crippen molar-refractivity contribution in [3.8, 4) is 11.1 Å². The van der Waals surface area contributed by atoms with Crippen molar-refractivity contribution in [1.29, 1.82) is 0 Å². The average molecular weight is 241 g/mol. The van der Waals surface area contributed by atoms with Gasteiger partial charge < -0.3 is 15.8 Å². The van der Waals surface area contributed by atoms with E-state index in [-0.39, 0.29) is 0 Å². The Hall–Kier alpha value is -2.11. The van der Waals surface area contributed by atoms with Crippen LogP contribution in [0.3, 0.4) is 0 Å². The number of amides is 1. The second-order valence-corrected chi connectivity index (χ2v) is 3.94. The number of hydrogen-bond donors (Lipinski definition) is 3. The summed E-state index contributed by atoms with van der Waals surface area (Å²) in [5.74, 6) is -0.471. The summed E-state index contributed by atoms with van der Waals surface area (Å²) in [7, 11) is -1.49. The molecule has 0 atom stereocenters. The van der Waals surface area contributed by atoms with Gasteiger partial charge in [-0.1, -0.05) is 36.4 Å². The van der Waals surface area contributed by atoms with Crippen molar-refractivity contribution in [1.82, 2.24) is 0 Å². The minimum atomic E-state index is -1.49. The zero-order chi connectivity index (χ0) is 13.1. The zero-order valence-electron chi connectivity index (χ0n) is 9.58. The summed E-state index contributed by atoms with van der Waals surface area (Å²) in [6, 6.07) is 13.7. The number of carbonyl (C=O) groups excluding carboxylic acids is 1. The van der Waals surface area contributed by atoms with E-state index in [1.165, 1.54) is 0 Å². The second-order valence-electron chi connectivity index (χ2n) is 3.94. The van der Waals surface area contributed by atoms with E-state index in [4.69, 9.17) is 15.8 Å². The van der Waals surface area contributed by atoms with Gasteiger partial charge in [0.25, 0.3) is 0 Å². The molecule has 0 aliphatic carbocycles. The molecule has 5 heteroatoms. The lowest BCUT2D eigenvalue weighted by Gasteiger charge is -2.05. The maximum absolute atomic E-state index is 10.9. The van der Waals surface area contributed by atoms with E-state index in [1.54, 1.807) is 42.5 Å². The lowest BCUT2D eigenvalue weighted by Crippen LogP contribution is -2.29. The van der Waals surface area contributed by atoms with Gasteiger partial charge in [0.05, 0.1) is 0 Å². The van der Waals surface area contributed by atoms with Gasteiger partial charge in [-0.15, -0.1) is 0 Å². The number of primary amides is 1. The molecule has 0 bridgehead atoms. The maximum Gasteiger partial charge on any atom is 0.488 e. The average Bonchev–Trinajstić information content (AvgIpc) is 2.39. The van der Waals surface area contributed by atoms with Crippen molar-refractivity contribution in [3.05, 3.63) is 54.1 Å². The van der Waals surface area contributed by atoms with Crippen LogP contribution in [0.4, 0.5) is 0 Å². The molecule has 2 rings (SSSR count). The van der Waals surface area contributed by atoms with E-state index < -0.39 is 13.0 Å². The molecular weight excluding hydrogens is 229 g/mol. The third-order valence-corrected chi connectivity index (χ3v) is 2.69. The molecule has 0 fully saturated rings. The van der Waals surface area contributed by atoms with Crippen LogP contribution in [0.25, 0.3) is 11.1 Å². The Balaban J connectivity index is 2.36. The number of hydrogen-bond acceptors (Lipinski definition) is 3. The van der Waals surface area contributed by atoms with Crippen LogP contribution in [0.15, 0.2) is 48.5 Å². The molecule has 18 heavy (non-hydrogen) atoms. The predicted octanol–water partition coefficient (Wildman–Crippen LogP) is 0.132. The Morgan fingerprint density at radius 1 is 1.00 bits per heavy atom. The lowest BCUT2D eigenvalue weighted by molar-refractivity contribution is 0.100. The highest BCUT2D eigenvalue weighted by atomic mass is 16.4. The molecule has 0 aliphatic rings. The topological polar surface area (TPSA) is 83.6 Å². The SMILES string of the molecule is NC(=O)c1ccc(-c2cccc(B(O)O)c2)cc1. The van der Waals surface area contributed by atoms with Crippen LogP contribution >= 0.6 is 0 Å². The summed E-state index contributed by atoms with van der Waals surface area (Å²) in [4.78, 5) is 10.9. The minimum absolute atomic E-state index is 0.423. The van der Waals surface area contributed by atoms with E-state index in [1.807, 2.05) is 6.07 Å². The van der Waals surface area contributed by atoms with Gasteiger partial charge in [-0.3, -0.25) is 4.79 Å². The van der Waals surface area contributed by atoms with Crippen LogP contribution in [0.2, 0.25) is 0 Å². The summed E-state index contributed by atoms with van der Waals surface area (Å²) >= 11 is 0. The number of carbonyl (C=O) groups is 1. The molecule has 4 nitrogen and oxygen atoms in total. The third kappa shape index (κ3) is 2.59. The summed E-state index contributed by atoms with van der Waals surface area (Å²) in [6.45, 7) is 0. The molecule has 0 aromatic heterocycles. The Morgan fingerprint density at radius 3 is 2.22 bits per heavy atom. The Bertz CT molecular complexity index is 567. The Labute approximate surface area is 105 Å². The van der Waals surface area contributed by atoms with Crippen LogP contribution in [0.5, 0.6) is 0 Å². The molecular formula is C13H12BNO3. The standard InChI is InChI=1S/C13H12BNO3/c15-13(16)10-6-4-9(5-7-10)11-2-1-3-12(8-11)14(17)18/h1-8,17-18H,(H2,15,16). The van der Waals surface area contributed by atoms with Crippen LogP contribution in [0, 0.1) is 0 Å². The normalized spacial score (nSPS) is 10.1. The highest BCUT2D eigenvalue weighted by molar-refractivity contribution is 6.58. The fourth-order valence-electron chi connectivity index (χ4n) is 1.71. The molecule has 0 spiro atoms. The second kappa shape index (κ2) is 5.04. The summed E-state index contributed by atoms with van der Waals surface area (Å²) in [5, 5.41) is 18.2. The van der Waals surface area contributed by atoms with Crippen molar-refractivity contribution in [2.75, 3.05) is 0 Å². The van der Waals surface area contributed by atoms with Gasteiger partial charge in [0.1, 0.15) is 0 Å². The molecule has 0 aliphatic heterocycles. The first-order chi connectivity index (χ1) is 8.58. The number of rotatable bonds is 3. The first-order valence-electron chi connectivity index (χ1n) is 5.44. The lowest BCUT2D eigenvalue weighted by atomic mass is 9.79. The highest BCUT2D eigenvalue weighted by Crippen LogP contribution is 2.18. The van der Waals surface area contributed by atoms with Gasteiger partial charge in [-0.2, -0.15) is 0 Å². The van der Waals surface area contributed by atoms with Crippen molar-refractivity contribution in [2.24, 2.45) is 5.73 Å². The van der Waals surface area contributed by atoms with Gasteiger partial charge in [-0.25, -0.2) is 0 Å². The summed E-state index contributed by atoms with van der Waals surface area (Å²) < 4.78 is 0. The number of benzene rings is 2. The fraction of sp³-hybridized carbons (Fsp3) is 0. The molecule has 0 heterocycles. The third-order valence-electron chi connectivity index (χ3n) is 2.69. The van der Waals surface area contributed by atoms with Crippen LogP contribution in [-0.2, 0) is 0 Å². The van der Waals surface area contributed by atoms with Crippen molar-refractivity contribution in [2.45, 2.75) is 0 Å². The highest BCUT2D eigenvalue weighted by Gasteiger charge is 2.11. The molecule has 0 saturated heterocycles. The van der Waals surface area contributed by atoms with E-state index in [0.29, 0.717) is 11.0 Å². The minimum Gasteiger partial charge on any atom is -0.423 e. The summed E-state index contributed by atoms with van der Waals surface area (Å²) in [5.41, 5.74) is 7.75. The van der Waals surface area contributed by atoms with E-state index in [0.717, 1.165) is 11.1 Å². The molecule has 90 valence electrons. The van der Waals surface area contributed by atoms with Gasteiger partial charge >= 0.3 is 7.12 Å². The van der Waals surface area contributed by atoms with Crippen LogP contribution in [0.1, 0.15) is 10.4 Å². The van der Waals surface area contributed by atoms with E-state index in [2.05, 4.69) is 0 Å². The molecule has 1 amide bonds. The van der Waals surface area contributed by atoms with Crippen LogP contribution in [-0.4, -0.2) is 23.1 Å². The largest absolute Gasteiger partial charge is 0.488 e. The molecule has 0 radical (unpaired) electrons. The molecule has 2 aromatic carbocycles. The first kappa shape index (κ1) is 12.4. The molecule has 0 unspecified atom stereocenters. The van der Waals surface area contributed by atoms with Crippen molar-refractivity contribution in [3.63, 3.8) is 0 Å². The first-order valence-corrected chi connectivity index (χ1v) is 5.44.